The summed E-state index contributed by atoms with van der Waals surface area (Å²) in [6.45, 7) is 4.68. The molecule has 1 unspecified atom stereocenters. The third-order valence-corrected chi connectivity index (χ3v) is 4.78. The highest BCUT2D eigenvalue weighted by Gasteiger charge is 2.20. The van der Waals surface area contributed by atoms with Crippen molar-refractivity contribution in [3.05, 3.63) is 90.5 Å². The smallest absolute Gasteiger partial charge is 0.261 e. The van der Waals surface area contributed by atoms with Crippen LogP contribution in [-0.4, -0.2) is 23.5 Å². The molecule has 0 bridgehead atoms. The second-order valence-corrected chi connectivity index (χ2v) is 6.94. The molecular weight excluding hydrogens is 362 g/mol. The number of carbonyl (C=O) groups is 1. The van der Waals surface area contributed by atoms with Crippen LogP contribution in [-0.2, 0) is 11.3 Å². The van der Waals surface area contributed by atoms with Gasteiger partial charge >= 0.3 is 0 Å². The van der Waals surface area contributed by atoms with Crippen LogP contribution in [0.4, 0.5) is 0 Å². The summed E-state index contributed by atoms with van der Waals surface area (Å²) in [6.07, 6.45) is 0.872. The minimum atomic E-state index is -0.0300. The number of carbonyl (C=O) groups excluding carboxylic acids is 1. The van der Waals surface area contributed by atoms with Gasteiger partial charge in [-0.15, -0.1) is 0 Å². The second kappa shape index (κ2) is 10.3. The van der Waals surface area contributed by atoms with E-state index in [1.54, 1.807) is 0 Å². The van der Waals surface area contributed by atoms with Crippen molar-refractivity contribution in [2.24, 2.45) is 0 Å². The summed E-state index contributed by atoms with van der Waals surface area (Å²) in [6, 6.07) is 27.1. The standard InChI is InChI=1S/C25H27NO3/c1-3-20(2)26(25(27)19-28-22-12-6-4-7-13-22)18-21-11-10-16-24(17-21)29-23-14-8-5-9-15-23/h4-17,20H,3,18-19H2,1-2H3. The molecule has 0 saturated carbocycles. The largest absolute Gasteiger partial charge is 0.484 e. The van der Waals surface area contributed by atoms with Crippen LogP contribution < -0.4 is 9.47 Å². The molecule has 0 aliphatic rings. The van der Waals surface area contributed by atoms with E-state index in [-0.39, 0.29) is 18.6 Å². The monoisotopic (exact) mass is 389 g/mol. The first-order valence-electron chi connectivity index (χ1n) is 9.95. The number of amides is 1. The fourth-order valence-corrected chi connectivity index (χ4v) is 2.98. The van der Waals surface area contributed by atoms with Crippen LogP contribution in [0.25, 0.3) is 0 Å². The Morgan fingerprint density at radius 2 is 1.48 bits per heavy atom. The first-order valence-corrected chi connectivity index (χ1v) is 9.95. The Kier molecular flexibility index (Phi) is 7.28. The van der Waals surface area contributed by atoms with Crippen LogP contribution >= 0.6 is 0 Å². The van der Waals surface area contributed by atoms with Gasteiger partial charge < -0.3 is 14.4 Å². The van der Waals surface area contributed by atoms with Crippen molar-refractivity contribution in [1.82, 2.24) is 4.90 Å². The van der Waals surface area contributed by atoms with Crippen molar-refractivity contribution in [3.8, 4) is 17.2 Å². The van der Waals surface area contributed by atoms with E-state index in [1.807, 2.05) is 89.8 Å². The molecule has 1 amide bonds. The summed E-state index contributed by atoms with van der Waals surface area (Å²) in [5, 5.41) is 0. The van der Waals surface area contributed by atoms with Gasteiger partial charge in [-0.2, -0.15) is 0 Å². The summed E-state index contributed by atoms with van der Waals surface area (Å²) >= 11 is 0. The number of ether oxygens (including phenoxy) is 2. The highest BCUT2D eigenvalue weighted by atomic mass is 16.5. The molecule has 0 saturated heterocycles. The second-order valence-electron chi connectivity index (χ2n) is 6.94. The summed E-state index contributed by atoms with van der Waals surface area (Å²) in [7, 11) is 0. The Labute approximate surface area is 172 Å². The van der Waals surface area contributed by atoms with Crippen LogP contribution in [0.2, 0.25) is 0 Å². The highest BCUT2D eigenvalue weighted by molar-refractivity contribution is 5.78. The highest BCUT2D eigenvalue weighted by Crippen LogP contribution is 2.23. The molecule has 0 heterocycles. The molecule has 0 fully saturated rings. The number of hydrogen-bond acceptors (Lipinski definition) is 3. The quantitative estimate of drug-likeness (QED) is 0.472. The van der Waals surface area contributed by atoms with Crippen LogP contribution in [0, 0.1) is 0 Å². The lowest BCUT2D eigenvalue weighted by atomic mass is 10.1. The Hall–Kier alpha value is -3.27. The van der Waals surface area contributed by atoms with Gasteiger partial charge in [-0.05, 0) is 55.3 Å². The van der Waals surface area contributed by atoms with Crippen molar-refractivity contribution in [2.75, 3.05) is 6.61 Å². The minimum Gasteiger partial charge on any atom is -0.484 e. The van der Waals surface area contributed by atoms with Crippen molar-refractivity contribution >= 4 is 5.91 Å². The molecule has 0 aromatic heterocycles. The zero-order chi connectivity index (χ0) is 20.5. The maximum absolute atomic E-state index is 12.9. The molecule has 0 aliphatic carbocycles. The Bertz CT molecular complexity index is 896. The lowest BCUT2D eigenvalue weighted by molar-refractivity contribution is -0.136. The number of benzene rings is 3. The van der Waals surface area contributed by atoms with Crippen LogP contribution in [0.1, 0.15) is 25.8 Å². The average molecular weight is 389 g/mol. The third kappa shape index (κ3) is 6.11. The minimum absolute atomic E-state index is 0.0224. The maximum Gasteiger partial charge on any atom is 0.261 e. The van der Waals surface area contributed by atoms with Crippen molar-refractivity contribution in [1.29, 1.82) is 0 Å². The van der Waals surface area contributed by atoms with Crippen LogP contribution in [0.5, 0.6) is 17.2 Å². The Morgan fingerprint density at radius 3 is 2.14 bits per heavy atom. The summed E-state index contributed by atoms with van der Waals surface area (Å²) in [4.78, 5) is 14.7. The molecule has 4 nitrogen and oxygen atoms in total. The first-order chi connectivity index (χ1) is 14.2. The van der Waals surface area contributed by atoms with E-state index in [0.717, 1.165) is 23.5 Å². The normalized spacial score (nSPS) is 11.5. The molecule has 150 valence electrons. The first kappa shape index (κ1) is 20.5. The summed E-state index contributed by atoms with van der Waals surface area (Å²) < 4.78 is 11.6. The molecule has 0 N–H and O–H groups in total. The molecule has 29 heavy (non-hydrogen) atoms. The number of nitrogens with zero attached hydrogens (tertiary/aromatic N) is 1. The molecule has 4 heteroatoms. The van der Waals surface area contributed by atoms with Crippen molar-refractivity contribution < 1.29 is 14.3 Å². The van der Waals surface area contributed by atoms with Crippen LogP contribution in [0.3, 0.4) is 0 Å². The van der Waals surface area contributed by atoms with Gasteiger partial charge in [-0.1, -0.05) is 55.5 Å². The van der Waals surface area contributed by atoms with Gasteiger partial charge in [0.2, 0.25) is 0 Å². The molecular formula is C25H27NO3. The SMILES string of the molecule is CCC(C)N(Cc1cccc(Oc2ccccc2)c1)C(=O)COc1ccccc1. The molecule has 3 aromatic carbocycles. The van der Waals surface area contributed by atoms with Gasteiger partial charge in [0.25, 0.3) is 5.91 Å². The van der Waals surface area contributed by atoms with E-state index in [1.165, 1.54) is 0 Å². The summed E-state index contributed by atoms with van der Waals surface area (Å²) in [5.74, 6) is 2.21. The fraction of sp³-hybridized carbons (Fsp3) is 0.240. The predicted octanol–water partition coefficient (Wildman–Crippen LogP) is 5.69. The number of para-hydroxylation sites is 2. The van der Waals surface area contributed by atoms with E-state index in [0.29, 0.717) is 12.3 Å². The van der Waals surface area contributed by atoms with E-state index in [4.69, 9.17) is 9.47 Å². The maximum atomic E-state index is 12.9. The Morgan fingerprint density at radius 1 is 0.862 bits per heavy atom. The van der Waals surface area contributed by atoms with Gasteiger partial charge in [-0.3, -0.25) is 4.79 Å². The third-order valence-electron chi connectivity index (χ3n) is 4.78. The van der Waals surface area contributed by atoms with Gasteiger partial charge in [0.15, 0.2) is 6.61 Å². The molecule has 0 aliphatic heterocycles. The lowest BCUT2D eigenvalue weighted by Gasteiger charge is -2.29. The fourth-order valence-electron chi connectivity index (χ4n) is 2.98. The number of rotatable bonds is 9. The van der Waals surface area contributed by atoms with E-state index < -0.39 is 0 Å². The molecule has 3 aromatic rings. The Balaban J connectivity index is 1.68. The molecule has 1 atom stereocenters. The average Bonchev–Trinajstić information content (AvgIpc) is 2.77. The lowest BCUT2D eigenvalue weighted by Crippen LogP contribution is -2.40. The molecule has 0 spiro atoms. The van der Waals surface area contributed by atoms with Gasteiger partial charge in [0.05, 0.1) is 0 Å². The molecule has 3 rings (SSSR count). The van der Waals surface area contributed by atoms with E-state index >= 15 is 0 Å². The van der Waals surface area contributed by atoms with Gasteiger partial charge in [-0.25, -0.2) is 0 Å². The van der Waals surface area contributed by atoms with E-state index in [2.05, 4.69) is 13.8 Å². The zero-order valence-electron chi connectivity index (χ0n) is 17.0. The van der Waals surface area contributed by atoms with Crippen LogP contribution in [0.15, 0.2) is 84.9 Å². The zero-order valence-corrected chi connectivity index (χ0v) is 17.0. The topological polar surface area (TPSA) is 38.8 Å². The van der Waals surface area contributed by atoms with E-state index in [9.17, 15) is 4.79 Å². The van der Waals surface area contributed by atoms with Gasteiger partial charge in [0, 0.05) is 12.6 Å². The molecule has 0 radical (unpaired) electrons. The van der Waals surface area contributed by atoms with Gasteiger partial charge in [0.1, 0.15) is 17.2 Å². The predicted molar refractivity (Wildman–Crippen MR) is 115 cm³/mol. The van der Waals surface area contributed by atoms with Crippen molar-refractivity contribution in [2.45, 2.75) is 32.9 Å². The number of hydrogen-bond donors (Lipinski definition) is 0. The summed E-state index contributed by atoms with van der Waals surface area (Å²) in [5.41, 5.74) is 1.02. The van der Waals surface area contributed by atoms with Crippen molar-refractivity contribution in [3.63, 3.8) is 0 Å².